The van der Waals surface area contributed by atoms with Crippen molar-refractivity contribution in [3.63, 3.8) is 0 Å². The Labute approximate surface area is 159 Å². The summed E-state index contributed by atoms with van der Waals surface area (Å²) in [6.45, 7) is 3.26. The molecular formula is C21H26N4O2. The molecule has 6 nitrogen and oxygen atoms in total. The van der Waals surface area contributed by atoms with Crippen LogP contribution in [0, 0.1) is 5.92 Å². The third-order valence-electron chi connectivity index (χ3n) is 5.66. The van der Waals surface area contributed by atoms with Gasteiger partial charge in [-0.1, -0.05) is 30.3 Å². The molecule has 27 heavy (non-hydrogen) atoms. The zero-order valence-corrected chi connectivity index (χ0v) is 15.5. The number of anilines is 2. The van der Waals surface area contributed by atoms with E-state index in [1.165, 1.54) is 24.8 Å². The largest absolute Gasteiger partial charge is 0.481 e. The summed E-state index contributed by atoms with van der Waals surface area (Å²) in [5, 5.41) is 9.66. The molecule has 6 heteroatoms. The van der Waals surface area contributed by atoms with Crippen molar-refractivity contribution in [1.82, 2.24) is 9.97 Å². The molecule has 3 heterocycles. The van der Waals surface area contributed by atoms with E-state index in [0.29, 0.717) is 13.0 Å². The molecule has 142 valence electrons. The van der Waals surface area contributed by atoms with Crippen LogP contribution in [0.4, 0.5) is 11.8 Å². The smallest absolute Gasteiger partial charge is 0.308 e. The van der Waals surface area contributed by atoms with Crippen LogP contribution >= 0.6 is 0 Å². The molecular weight excluding hydrogens is 340 g/mol. The Morgan fingerprint density at radius 3 is 2.52 bits per heavy atom. The van der Waals surface area contributed by atoms with Crippen molar-refractivity contribution in [3.05, 3.63) is 48.2 Å². The summed E-state index contributed by atoms with van der Waals surface area (Å²) < 4.78 is 0. The van der Waals surface area contributed by atoms with Gasteiger partial charge in [-0.3, -0.25) is 4.79 Å². The molecule has 1 aromatic carbocycles. The Bertz CT molecular complexity index is 777. The van der Waals surface area contributed by atoms with Crippen molar-refractivity contribution >= 4 is 17.7 Å². The minimum atomic E-state index is -0.731. The lowest BCUT2D eigenvalue weighted by atomic mass is 9.84. The fourth-order valence-electron chi connectivity index (χ4n) is 4.19. The van der Waals surface area contributed by atoms with Gasteiger partial charge in [0.25, 0.3) is 0 Å². The summed E-state index contributed by atoms with van der Waals surface area (Å²) in [6.07, 6.45) is 6.08. The van der Waals surface area contributed by atoms with E-state index in [-0.39, 0.29) is 5.92 Å². The Morgan fingerprint density at radius 1 is 1.00 bits per heavy atom. The van der Waals surface area contributed by atoms with Gasteiger partial charge in [-0.15, -0.1) is 0 Å². The Balaban J connectivity index is 1.58. The second-order valence-corrected chi connectivity index (χ2v) is 7.55. The number of piperidine rings is 2. The average Bonchev–Trinajstić information content (AvgIpc) is 2.75. The molecule has 0 saturated carbocycles. The van der Waals surface area contributed by atoms with Crippen LogP contribution < -0.4 is 9.80 Å². The van der Waals surface area contributed by atoms with Gasteiger partial charge >= 0.3 is 5.97 Å². The van der Waals surface area contributed by atoms with Crippen LogP contribution in [0.15, 0.2) is 42.6 Å². The predicted molar refractivity (Wildman–Crippen MR) is 105 cm³/mol. The minimum Gasteiger partial charge on any atom is -0.481 e. The van der Waals surface area contributed by atoms with Gasteiger partial charge in [0.1, 0.15) is 5.82 Å². The number of carbonyl (C=O) groups is 1. The summed E-state index contributed by atoms with van der Waals surface area (Å²) in [4.78, 5) is 25.4. The van der Waals surface area contributed by atoms with Crippen LogP contribution in [0.25, 0.3) is 0 Å². The predicted octanol–water partition coefficient (Wildman–Crippen LogP) is 3.16. The highest BCUT2D eigenvalue weighted by Gasteiger charge is 2.33. The molecule has 2 unspecified atom stereocenters. The molecule has 2 aliphatic heterocycles. The minimum absolute atomic E-state index is 0.189. The monoisotopic (exact) mass is 366 g/mol. The fourth-order valence-corrected chi connectivity index (χ4v) is 4.19. The molecule has 1 N–H and O–H groups in total. The lowest BCUT2D eigenvalue weighted by molar-refractivity contribution is -0.142. The number of hydrogen-bond acceptors (Lipinski definition) is 5. The highest BCUT2D eigenvalue weighted by molar-refractivity contribution is 5.71. The molecule has 0 spiro atoms. The van der Waals surface area contributed by atoms with E-state index in [4.69, 9.17) is 4.98 Å². The summed E-state index contributed by atoms with van der Waals surface area (Å²) in [7, 11) is 0. The first-order valence-corrected chi connectivity index (χ1v) is 9.81. The van der Waals surface area contributed by atoms with Crippen LogP contribution in [0.1, 0.15) is 37.2 Å². The van der Waals surface area contributed by atoms with Gasteiger partial charge < -0.3 is 14.9 Å². The highest BCUT2D eigenvalue weighted by atomic mass is 16.4. The molecule has 0 amide bonds. The summed E-state index contributed by atoms with van der Waals surface area (Å²) in [5.74, 6) is 0.663. The SMILES string of the molecule is O=C(O)C1CC(c2ccccc2)CN(c2ccnc(N3CCCCC3)n2)C1. The van der Waals surface area contributed by atoms with Crippen molar-refractivity contribution in [2.45, 2.75) is 31.6 Å². The van der Waals surface area contributed by atoms with Crippen LogP contribution in [-0.4, -0.2) is 47.2 Å². The van der Waals surface area contributed by atoms with Crippen molar-refractivity contribution < 1.29 is 9.90 Å². The van der Waals surface area contributed by atoms with Crippen LogP contribution in [0.2, 0.25) is 0 Å². The summed E-state index contributed by atoms with van der Waals surface area (Å²) in [5.41, 5.74) is 1.19. The topological polar surface area (TPSA) is 69.6 Å². The zero-order valence-electron chi connectivity index (χ0n) is 15.5. The van der Waals surface area contributed by atoms with Crippen molar-refractivity contribution in [2.75, 3.05) is 36.0 Å². The second-order valence-electron chi connectivity index (χ2n) is 7.55. The fraction of sp³-hybridized carbons (Fsp3) is 0.476. The molecule has 1 aromatic heterocycles. The number of rotatable bonds is 4. The first kappa shape index (κ1) is 17.8. The van der Waals surface area contributed by atoms with Gasteiger partial charge in [0, 0.05) is 38.3 Å². The quantitative estimate of drug-likeness (QED) is 0.896. The number of carboxylic acid groups (broad SMARTS) is 1. The average molecular weight is 366 g/mol. The van der Waals surface area contributed by atoms with Crippen molar-refractivity contribution in [3.8, 4) is 0 Å². The van der Waals surface area contributed by atoms with Gasteiger partial charge in [-0.05, 0) is 37.3 Å². The van der Waals surface area contributed by atoms with E-state index >= 15 is 0 Å². The normalized spacial score (nSPS) is 23.3. The third-order valence-corrected chi connectivity index (χ3v) is 5.66. The second kappa shape index (κ2) is 7.94. The zero-order chi connectivity index (χ0) is 18.6. The summed E-state index contributed by atoms with van der Waals surface area (Å²) in [6, 6.07) is 12.1. The third kappa shape index (κ3) is 4.04. The maximum absolute atomic E-state index is 11.8. The number of hydrogen-bond donors (Lipinski definition) is 1. The van der Waals surface area contributed by atoms with E-state index in [0.717, 1.165) is 31.4 Å². The lowest BCUT2D eigenvalue weighted by Crippen LogP contribution is -2.43. The first-order valence-electron chi connectivity index (χ1n) is 9.81. The number of aromatic nitrogens is 2. The molecule has 2 aliphatic rings. The molecule has 2 saturated heterocycles. The van der Waals surface area contributed by atoms with Crippen molar-refractivity contribution in [1.29, 1.82) is 0 Å². The van der Waals surface area contributed by atoms with Crippen LogP contribution in [0.3, 0.4) is 0 Å². The van der Waals surface area contributed by atoms with Crippen molar-refractivity contribution in [2.24, 2.45) is 5.92 Å². The number of benzene rings is 1. The van der Waals surface area contributed by atoms with Gasteiger partial charge in [-0.2, -0.15) is 4.98 Å². The number of aliphatic carboxylic acids is 1. The summed E-state index contributed by atoms with van der Waals surface area (Å²) >= 11 is 0. The van der Waals surface area contributed by atoms with Gasteiger partial charge in [0.05, 0.1) is 5.92 Å². The van der Waals surface area contributed by atoms with Crippen LogP contribution in [0.5, 0.6) is 0 Å². The first-order chi connectivity index (χ1) is 13.2. The molecule has 4 rings (SSSR count). The molecule has 0 bridgehead atoms. The van der Waals surface area contributed by atoms with E-state index < -0.39 is 11.9 Å². The molecule has 0 aliphatic carbocycles. The van der Waals surface area contributed by atoms with E-state index in [9.17, 15) is 9.90 Å². The molecule has 2 aromatic rings. The van der Waals surface area contributed by atoms with Crippen LogP contribution in [-0.2, 0) is 4.79 Å². The van der Waals surface area contributed by atoms with E-state index in [2.05, 4.69) is 26.9 Å². The number of carboxylic acids is 1. The lowest BCUT2D eigenvalue weighted by Gasteiger charge is -2.37. The maximum Gasteiger partial charge on any atom is 0.308 e. The highest BCUT2D eigenvalue weighted by Crippen LogP contribution is 2.33. The standard InChI is InChI=1S/C21H26N4O2/c26-20(27)18-13-17(16-7-3-1-4-8-16)14-25(15-18)19-9-10-22-21(23-19)24-11-5-2-6-12-24/h1,3-4,7-10,17-18H,2,5-6,11-15H2,(H,26,27). The maximum atomic E-state index is 11.8. The Kier molecular flexibility index (Phi) is 5.23. The van der Waals surface area contributed by atoms with E-state index in [1.807, 2.05) is 24.3 Å². The molecule has 2 fully saturated rings. The Hall–Kier alpha value is -2.63. The van der Waals surface area contributed by atoms with Gasteiger partial charge in [0.15, 0.2) is 0 Å². The molecule has 2 atom stereocenters. The Morgan fingerprint density at radius 2 is 1.78 bits per heavy atom. The van der Waals surface area contributed by atoms with E-state index in [1.54, 1.807) is 6.20 Å². The molecule has 0 radical (unpaired) electrons. The van der Waals surface area contributed by atoms with Gasteiger partial charge in [-0.25, -0.2) is 4.98 Å². The number of nitrogens with zero attached hydrogens (tertiary/aromatic N) is 4. The van der Waals surface area contributed by atoms with Gasteiger partial charge in [0.2, 0.25) is 5.95 Å².